The van der Waals surface area contributed by atoms with Gasteiger partial charge in [-0.1, -0.05) is 43.7 Å². The second-order valence-corrected chi connectivity index (χ2v) is 8.03. The molecule has 0 saturated carbocycles. The van der Waals surface area contributed by atoms with Gasteiger partial charge in [0.25, 0.3) is 0 Å². The number of hydrogen-bond acceptors (Lipinski definition) is 3. The number of halogens is 1. The zero-order chi connectivity index (χ0) is 16.2. The molecule has 0 heterocycles. The lowest BCUT2D eigenvalue weighted by Crippen LogP contribution is -2.33. The van der Waals surface area contributed by atoms with Crippen molar-refractivity contribution in [3.63, 3.8) is 0 Å². The molecule has 0 saturated heterocycles. The Morgan fingerprint density at radius 2 is 1.95 bits per heavy atom. The Bertz CT molecular complexity index is 615. The van der Waals surface area contributed by atoms with E-state index in [0.717, 1.165) is 12.8 Å². The van der Waals surface area contributed by atoms with Crippen molar-refractivity contribution in [2.75, 3.05) is 0 Å². The van der Waals surface area contributed by atoms with Crippen LogP contribution in [0.1, 0.15) is 39.2 Å². The van der Waals surface area contributed by atoms with Crippen molar-refractivity contribution in [3.05, 3.63) is 28.8 Å². The number of thiocarbonyl (C=S) groups is 1. The van der Waals surface area contributed by atoms with E-state index < -0.39 is 10.0 Å². The Hall–Kier alpha value is -0.690. The first kappa shape index (κ1) is 18.4. The maximum atomic E-state index is 12.4. The van der Waals surface area contributed by atoms with E-state index >= 15 is 0 Å². The van der Waals surface area contributed by atoms with Crippen LogP contribution < -0.4 is 10.5 Å². The smallest absolute Gasteiger partial charge is 0.242 e. The van der Waals surface area contributed by atoms with E-state index in [9.17, 15) is 8.42 Å². The summed E-state index contributed by atoms with van der Waals surface area (Å²) in [5, 5.41) is 0.151. The fourth-order valence-electron chi connectivity index (χ4n) is 1.83. The highest BCUT2D eigenvalue weighted by Gasteiger charge is 2.21. The number of benzene rings is 1. The van der Waals surface area contributed by atoms with Gasteiger partial charge in [0.05, 0.1) is 5.02 Å². The fraction of sp³-hybridized carbons (Fsp3) is 0.500. The summed E-state index contributed by atoms with van der Waals surface area (Å²) in [4.78, 5) is 0.141. The van der Waals surface area contributed by atoms with Crippen molar-refractivity contribution in [1.82, 2.24) is 4.72 Å². The van der Waals surface area contributed by atoms with E-state index in [4.69, 9.17) is 29.6 Å². The summed E-state index contributed by atoms with van der Waals surface area (Å²) in [6, 6.07) is 4.33. The maximum absolute atomic E-state index is 12.4. The van der Waals surface area contributed by atoms with Gasteiger partial charge in [-0.15, -0.1) is 0 Å². The van der Waals surface area contributed by atoms with Crippen LogP contribution in [-0.2, 0) is 10.0 Å². The molecule has 0 aliphatic heterocycles. The highest BCUT2D eigenvalue weighted by Crippen LogP contribution is 2.23. The molecule has 3 N–H and O–H groups in total. The summed E-state index contributed by atoms with van der Waals surface area (Å²) in [6.07, 6.45) is 1.72. The molecule has 1 rings (SSSR count). The highest BCUT2D eigenvalue weighted by molar-refractivity contribution is 7.89. The van der Waals surface area contributed by atoms with Gasteiger partial charge in [0.1, 0.15) is 9.88 Å². The van der Waals surface area contributed by atoms with Crippen LogP contribution in [-0.4, -0.2) is 19.4 Å². The summed E-state index contributed by atoms with van der Waals surface area (Å²) < 4.78 is 27.4. The van der Waals surface area contributed by atoms with Crippen LogP contribution in [0.25, 0.3) is 0 Å². The molecule has 0 bridgehead atoms. The Kier molecular flexibility index (Phi) is 6.59. The van der Waals surface area contributed by atoms with Crippen LogP contribution in [0.5, 0.6) is 0 Å². The molecule has 0 spiro atoms. The Morgan fingerprint density at radius 1 is 1.33 bits per heavy atom. The SMILES string of the molecule is CC(C)CCC(C)NS(=O)(=O)c1cc(C(N)=S)ccc1Cl. The van der Waals surface area contributed by atoms with Crippen molar-refractivity contribution in [2.45, 2.75) is 44.6 Å². The first-order valence-electron chi connectivity index (χ1n) is 6.75. The highest BCUT2D eigenvalue weighted by atomic mass is 35.5. The quantitative estimate of drug-likeness (QED) is 0.743. The van der Waals surface area contributed by atoms with Gasteiger partial charge in [-0.3, -0.25) is 0 Å². The molecule has 118 valence electrons. The standard InChI is InChI=1S/C14H21ClN2O2S2/c1-9(2)4-5-10(3)17-21(18,19)13-8-11(14(16)20)6-7-12(13)15/h6-10,17H,4-5H2,1-3H3,(H2,16,20). The molecule has 1 unspecified atom stereocenters. The molecule has 4 nitrogen and oxygen atoms in total. The van der Waals surface area contributed by atoms with Crippen LogP contribution in [0.2, 0.25) is 5.02 Å². The average Bonchev–Trinajstić information content (AvgIpc) is 2.35. The molecule has 0 aliphatic rings. The van der Waals surface area contributed by atoms with Crippen molar-refractivity contribution < 1.29 is 8.42 Å². The Balaban J connectivity index is 2.97. The van der Waals surface area contributed by atoms with E-state index in [1.807, 2.05) is 6.92 Å². The van der Waals surface area contributed by atoms with Crippen molar-refractivity contribution in [1.29, 1.82) is 0 Å². The minimum atomic E-state index is -3.69. The summed E-state index contributed by atoms with van der Waals surface area (Å²) >= 11 is 10.9. The summed E-state index contributed by atoms with van der Waals surface area (Å²) in [5.74, 6) is 0.526. The normalized spacial score (nSPS) is 13.4. The van der Waals surface area contributed by atoms with E-state index in [0.29, 0.717) is 11.5 Å². The van der Waals surface area contributed by atoms with E-state index in [1.165, 1.54) is 12.1 Å². The van der Waals surface area contributed by atoms with Gasteiger partial charge in [-0.25, -0.2) is 13.1 Å². The summed E-state index contributed by atoms with van der Waals surface area (Å²) in [7, 11) is -3.69. The average molecular weight is 349 g/mol. The minimum absolute atomic E-state index is 0.00543. The zero-order valence-corrected chi connectivity index (χ0v) is 14.8. The van der Waals surface area contributed by atoms with Crippen molar-refractivity contribution in [3.8, 4) is 0 Å². The van der Waals surface area contributed by atoms with Crippen LogP contribution in [0, 0.1) is 5.92 Å². The lowest BCUT2D eigenvalue weighted by Gasteiger charge is -2.16. The molecule has 0 amide bonds. The monoisotopic (exact) mass is 348 g/mol. The second kappa shape index (κ2) is 7.54. The molecular formula is C14H21ClN2O2S2. The minimum Gasteiger partial charge on any atom is -0.389 e. The van der Waals surface area contributed by atoms with Crippen molar-refractivity contribution in [2.24, 2.45) is 11.7 Å². The first-order chi connectivity index (χ1) is 9.63. The van der Waals surface area contributed by atoms with E-state index in [-0.39, 0.29) is 20.9 Å². The number of nitrogens with one attached hydrogen (secondary N) is 1. The molecule has 1 aromatic rings. The zero-order valence-electron chi connectivity index (χ0n) is 12.4. The molecule has 0 aromatic heterocycles. The van der Waals surface area contributed by atoms with E-state index in [1.54, 1.807) is 6.07 Å². The van der Waals surface area contributed by atoms with Gasteiger partial charge in [0, 0.05) is 11.6 Å². The van der Waals surface area contributed by atoms with Gasteiger partial charge < -0.3 is 5.73 Å². The van der Waals surface area contributed by atoms with Gasteiger partial charge >= 0.3 is 0 Å². The molecule has 1 atom stereocenters. The largest absolute Gasteiger partial charge is 0.389 e. The Morgan fingerprint density at radius 3 is 2.48 bits per heavy atom. The van der Waals surface area contributed by atoms with Crippen LogP contribution in [0.15, 0.2) is 23.1 Å². The lowest BCUT2D eigenvalue weighted by molar-refractivity contribution is 0.485. The number of rotatable bonds is 7. The third-order valence-electron chi connectivity index (χ3n) is 3.04. The van der Waals surface area contributed by atoms with Crippen LogP contribution in [0.4, 0.5) is 0 Å². The molecular weight excluding hydrogens is 328 g/mol. The van der Waals surface area contributed by atoms with Gasteiger partial charge in [0.2, 0.25) is 10.0 Å². The topological polar surface area (TPSA) is 72.2 Å². The summed E-state index contributed by atoms with van der Waals surface area (Å²) in [6.45, 7) is 6.04. The Labute approximate surface area is 137 Å². The first-order valence-corrected chi connectivity index (χ1v) is 9.02. The fourth-order valence-corrected chi connectivity index (χ4v) is 3.76. The molecule has 0 radical (unpaired) electrons. The molecule has 7 heteroatoms. The van der Waals surface area contributed by atoms with Crippen LogP contribution in [0.3, 0.4) is 0 Å². The van der Waals surface area contributed by atoms with Gasteiger partial charge in [-0.2, -0.15) is 0 Å². The number of sulfonamides is 1. The second-order valence-electron chi connectivity index (χ2n) is 5.50. The number of nitrogens with two attached hydrogens (primary N) is 1. The molecule has 21 heavy (non-hydrogen) atoms. The maximum Gasteiger partial charge on any atom is 0.242 e. The third kappa shape index (κ3) is 5.54. The lowest BCUT2D eigenvalue weighted by atomic mass is 10.1. The predicted molar refractivity (Wildman–Crippen MR) is 91.2 cm³/mol. The van der Waals surface area contributed by atoms with E-state index in [2.05, 4.69) is 18.6 Å². The molecule has 0 fully saturated rings. The van der Waals surface area contributed by atoms with Crippen molar-refractivity contribution >= 4 is 38.8 Å². The van der Waals surface area contributed by atoms with Crippen LogP contribution >= 0.6 is 23.8 Å². The predicted octanol–water partition coefficient (Wildman–Crippen LogP) is 3.08. The molecule has 1 aromatic carbocycles. The third-order valence-corrected chi connectivity index (χ3v) is 5.35. The molecule has 0 aliphatic carbocycles. The number of hydrogen-bond donors (Lipinski definition) is 2. The summed E-state index contributed by atoms with van der Waals surface area (Å²) in [5.41, 5.74) is 6.01. The van der Waals surface area contributed by atoms with Gasteiger partial charge in [-0.05, 0) is 37.8 Å². The van der Waals surface area contributed by atoms with Gasteiger partial charge in [0.15, 0.2) is 0 Å².